The highest BCUT2D eigenvalue weighted by Crippen LogP contribution is 2.42. The van der Waals surface area contributed by atoms with Crippen molar-refractivity contribution >= 4 is 7.32 Å². The van der Waals surface area contributed by atoms with E-state index in [0.717, 1.165) is 92.4 Å². The first-order valence-corrected chi connectivity index (χ1v) is 16.0. The summed E-state index contributed by atoms with van der Waals surface area (Å²) in [7, 11) is 0.000612. The first-order valence-electron chi connectivity index (χ1n) is 16.0. The topological polar surface area (TPSA) is 27.7 Å². The summed E-state index contributed by atoms with van der Waals surface area (Å²) in [6, 6.07) is 9.26. The molecule has 0 N–H and O–H groups in total. The highest BCUT2D eigenvalue weighted by Gasteiger charge is 2.40. The SMILES string of the molecule is C=CC[N+](C)(CC=C)C(CCCCCCC)c1cc(C(F)(F)F)ccc1OB(Oc1ccc(C(F)(F)F)cc1)Oc1ccc(C(F)(F)F)cc1. The van der Waals surface area contributed by atoms with E-state index in [1.807, 2.05) is 7.05 Å². The lowest BCUT2D eigenvalue weighted by atomic mass is 9.93. The minimum absolute atomic E-state index is 0.0853. The van der Waals surface area contributed by atoms with E-state index < -0.39 is 48.6 Å². The summed E-state index contributed by atoms with van der Waals surface area (Å²) >= 11 is 0. The van der Waals surface area contributed by atoms with Crippen LogP contribution in [-0.4, -0.2) is 31.9 Å². The fourth-order valence-electron chi connectivity index (χ4n) is 5.60. The van der Waals surface area contributed by atoms with Crippen molar-refractivity contribution in [2.24, 2.45) is 0 Å². The molecule has 1 unspecified atom stereocenters. The first kappa shape index (κ1) is 40.4. The quantitative estimate of drug-likeness (QED) is 0.0431. The number of hydrogen-bond donors (Lipinski definition) is 0. The van der Waals surface area contributed by atoms with E-state index in [1.165, 1.54) is 0 Å². The molecule has 272 valence electrons. The van der Waals surface area contributed by atoms with Crippen molar-refractivity contribution in [1.82, 2.24) is 0 Å². The van der Waals surface area contributed by atoms with Crippen molar-refractivity contribution in [2.45, 2.75) is 70.0 Å². The molecule has 0 spiro atoms. The summed E-state index contributed by atoms with van der Waals surface area (Å²) in [5.74, 6) is -0.428. The van der Waals surface area contributed by atoms with E-state index in [2.05, 4.69) is 20.1 Å². The molecule has 1 atom stereocenters. The van der Waals surface area contributed by atoms with Crippen LogP contribution in [0, 0.1) is 0 Å². The summed E-state index contributed by atoms with van der Waals surface area (Å²) < 4.78 is 139. The van der Waals surface area contributed by atoms with Gasteiger partial charge in [-0.05, 0) is 85.3 Å². The van der Waals surface area contributed by atoms with Crippen molar-refractivity contribution in [3.63, 3.8) is 0 Å². The molecule has 50 heavy (non-hydrogen) atoms. The van der Waals surface area contributed by atoms with Crippen LogP contribution in [0.15, 0.2) is 92.0 Å². The molecule has 0 amide bonds. The number of hydrogen-bond acceptors (Lipinski definition) is 3. The van der Waals surface area contributed by atoms with Gasteiger partial charge in [-0.3, -0.25) is 0 Å². The summed E-state index contributed by atoms with van der Waals surface area (Å²) in [6.07, 6.45) is -5.80. The Morgan fingerprint density at radius 3 is 1.50 bits per heavy atom. The first-order chi connectivity index (χ1) is 23.4. The molecule has 14 heteroatoms. The Balaban J connectivity index is 2.13. The molecule has 0 heterocycles. The van der Waals surface area contributed by atoms with E-state index in [9.17, 15) is 39.5 Å². The highest BCUT2D eigenvalue weighted by molar-refractivity contribution is 6.39. The van der Waals surface area contributed by atoms with E-state index in [0.29, 0.717) is 25.9 Å². The van der Waals surface area contributed by atoms with Crippen LogP contribution >= 0.6 is 0 Å². The molecule has 3 aromatic rings. The number of nitrogens with zero attached hydrogens (tertiary/aromatic N) is 1. The molecule has 3 aromatic carbocycles. The molecule has 3 rings (SSSR count). The number of halogens is 9. The summed E-state index contributed by atoms with van der Waals surface area (Å²) in [6.45, 7) is 10.5. The van der Waals surface area contributed by atoms with Crippen molar-refractivity contribution in [3.05, 3.63) is 114 Å². The Bertz CT molecular complexity index is 1450. The average Bonchev–Trinajstić information content (AvgIpc) is 3.02. The van der Waals surface area contributed by atoms with Crippen LogP contribution < -0.4 is 14.0 Å². The summed E-state index contributed by atoms with van der Waals surface area (Å²) in [5.41, 5.74) is -2.74. The van der Waals surface area contributed by atoms with Gasteiger partial charge in [0.15, 0.2) is 0 Å². The molecule has 0 aliphatic heterocycles. The van der Waals surface area contributed by atoms with Gasteiger partial charge >= 0.3 is 25.9 Å². The van der Waals surface area contributed by atoms with Gasteiger partial charge in [0.2, 0.25) is 0 Å². The molecule has 0 aliphatic rings. The lowest BCUT2D eigenvalue weighted by Gasteiger charge is -2.41. The smallest absolute Gasteiger partial charge is 0.490 e. The minimum atomic E-state index is -4.72. The molecule has 0 fully saturated rings. The van der Waals surface area contributed by atoms with Crippen LogP contribution in [0.4, 0.5) is 39.5 Å². The Morgan fingerprint density at radius 1 is 0.640 bits per heavy atom. The molecule has 4 nitrogen and oxygen atoms in total. The maximum atomic E-state index is 14.1. The zero-order valence-corrected chi connectivity index (χ0v) is 27.8. The third-order valence-electron chi connectivity index (χ3n) is 8.17. The number of rotatable bonds is 18. The Morgan fingerprint density at radius 2 is 1.08 bits per heavy atom. The highest BCUT2D eigenvalue weighted by atomic mass is 19.4. The molecule has 0 aliphatic carbocycles. The molecular weight excluding hydrogens is 676 g/mol. The standard InChI is InChI=1S/C36H40BF9NO3/c1-5-8-9-10-11-12-32(47(4,23-6-2)24-7-3)31-25-28(36(44,45)46)17-22-33(31)50-37(48-29-18-13-26(14-19-29)34(38,39)40)49-30-20-15-27(16-21-30)35(41,42)43/h6-7,13-22,25,32H,2-3,5,8-12,23-24H2,1,4H3/q+1. The number of benzene rings is 3. The number of unbranched alkanes of at least 4 members (excludes halogenated alkanes) is 4. The third-order valence-corrected chi connectivity index (χ3v) is 8.17. The Labute approximate surface area is 286 Å². The van der Waals surface area contributed by atoms with E-state index in [4.69, 9.17) is 14.0 Å². The third kappa shape index (κ3) is 11.5. The predicted octanol–water partition coefficient (Wildman–Crippen LogP) is 11.5. The van der Waals surface area contributed by atoms with Crippen LogP contribution in [0.1, 0.15) is 73.7 Å². The van der Waals surface area contributed by atoms with Gasteiger partial charge in [-0.2, -0.15) is 39.5 Å². The van der Waals surface area contributed by atoms with Gasteiger partial charge in [-0.15, -0.1) is 0 Å². The zero-order chi connectivity index (χ0) is 37.2. The van der Waals surface area contributed by atoms with E-state index in [-0.39, 0.29) is 27.3 Å². The largest absolute Gasteiger partial charge is 0.864 e. The second-order valence-electron chi connectivity index (χ2n) is 12.1. The van der Waals surface area contributed by atoms with Gasteiger partial charge in [0, 0.05) is 6.42 Å². The molecular formula is C36H40BF9NO3+. The van der Waals surface area contributed by atoms with E-state index in [1.54, 1.807) is 12.2 Å². The summed E-state index contributed by atoms with van der Waals surface area (Å²) in [4.78, 5) is 0. The fraction of sp³-hybridized carbons (Fsp3) is 0.389. The zero-order valence-electron chi connectivity index (χ0n) is 27.8. The van der Waals surface area contributed by atoms with Gasteiger partial charge in [0.1, 0.15) is 23.3 Å². The van der Waals surface area contributed by atoms with Gasteiger partial charge in [0.05, 0.1) is 42.4 Å². The average molecular weight is 717 g/mol. The summed E-state index contributed by atoms with van der Waals surface area (Å²) in [5, 5.41) is 0. The van der Waals surface area contributed by atoms with Gasteiger partial charge in [0.25, 0.3) is 0 Å². The van der Waals surface area contributed by atoms with Crippen molar-refractivity contribution < 1.29 is 58.0 Å². The number of alkyl halides is 9. The predicted molar refractivity (Wildman–Crippen MR) is 174 cm³/mol. The number of likely N-dealkylation sites (N-methyl/N-ethyl adjacent to an activating group) is 1. The molecule has 0 radical (unpaired) electrons. The second kappa shape index (κ2) is 17.2. The van der Waals surface area contributed by atoms with Gasteiger partial charge in [-0.25, -0.2) is 0 Å². The molecule has 0 aromatic heterocycles. The van der Waals surface area contributed by atoms with Crippen LogP contribution in [0.2, 0.25) is 0 Å². The van der Waals surface area contributed by atoms with Crippen LogP contribution in [0.5, 0.6) is 17.2 Å². The van der Waals surface area contributed by atoms with Crippen molar-refractivity contribution in [1.29, 1.82) is 0 Å². The fourth-order valence-corrected chi connectivity index (χ4v) is 5.60. The lowest BCUT2D eigenvalue weighted by Crippen LogP contribution is -2.48. The Hall–Kier alpha value is -4.07. The molecule has 0 saturated carbocycles. The maximum Gasteiger partial charge on any atom is 0.864 e. The van der Waals surface area contributed by atoms with Crippen LogP contribution in [0.3, 0.4) is 0 Å². The van der Waals surface area contributed by atoms with Gasteiger partial charge < -0.3 is 18.4 Å². The van der Waals surface area contributed by atoms with Crippen molar-refractivity contribution in [2.75, 3.05) is 20.1 Å². The second-order valence-corrected chi connectivity index (χ2v) is 12.1. The van der Waals surface area contributed by atoms with E-state index >= 15 is 0 Å². The van der Waals surface area contributed by atoms with Crippen LogP contribution in [0.25, 0.3) is 0 Å². The van der Waals surface area contributed by atoms with Gasteiger partial charge in [-0.1, -0.05) is 45.8 Å². The van der Waals surface area contributed by atoms with Crippen LogP contribution in [-0.2, 0) is 18.5 Å². The minimum Gasteiger partial charge on any atom is -0.490 e. The number of quaternary nitrogens is 1. The maximum absolute atomic E-state index is 14.1. The Kier molecular flexibility index (Phi) is 13.9. The lowest BCUT2D eigenvalue weighted by molar-refractivity contribution is -0.929. The molecule has 0 saturated heterocycles. The van der Waals surface area contributed by atoms with Crippen molar-refractivity contribution in [3.8, 4) is 17.2 Å². The normalized spacial score (nSPS) is 13.0. The molecule has 0 bridgehead atoms. The monoisotopic (exact) mass is 716 g/mol.